The van der Waals surface area contributed by atoms with E-state index in [1.165, 1.54) is 4.57 Å². The molecular formula is C22H30N4O6. The van der Waals surface area contributed by atoms with Crippen molar-refractivity contribution < 1.29 is 19.8 Å². The number of rotatable bonds is 8. The molecule has 2 fully saturated rings. The highest BCUT2D eigenvalue weighted by Crippen LogP contribution is 2.54. The molecule has 0 amide bonds. The highest BCUT2D eigenvalue weighted by Gasteiger charge is 2.51. The summed E-state index contributed by atoms with van der Waals surface area (Å²) in [5.41, 5.74) is -0.0252. The van der Waals surface area contributed by atoms with Crippen LogP contribution in [0, 0.1) is 23.7 Å². The molecule has 0 radical (unpaired) electrons. The summed E-state index contributed by atoms with van der Waals surface area (Å²) in [7, 11) is 0. The van der Waals surface area contributed by atoms with Crippen LogP contribution in [0.25, 0.3) is 11.2 Å². The normalized spacial score (nSPS) is 25.0. The molecule has 2 aromatic heterocycles. The SMILES string of the molecule is CCCn1c(=O)c2[nH]c(C3CC4CCC(C3)C4C(C(=O)O)C(=O)O)nc2n(CCC)c1=O. The third-order valence-corrected chi connectivity index (χ3v) is 7.25. The van der Waals surface area contributed by atoms with Gasteiger partial charge in [-0.3, -0.25) is 23.5 Å². The van der Waals surface area contributed by atoms with Gasteiger partial charge in [0.1, 0.15) is 11.3 Å². The summed E-state index contributed by atoms with van der Waals surface area (Å²) in [6, 6.07) is 0. The molecule has 2 saturated carbocycles. The summed E-state index contributed by atoms with van der Waals surface area (Å²) in [5.74, 6) is -3.75. The Morgan fingerprint density at radius 1 is 1.03 bits per heavy atom. The molecule has 0 aromatic carbocycles. The number of imidazole rings is 1. The molecule has 32 heavy (non-hydrogen) atoms. The number of nitrogens with one attached hydrogen (secondary N) is 1. The molecule has 3 N–H and O–H groups in total. The minimum absolute atomic E-state index is 0.0150. The van der Waals surface area contributed by atoms with Crippen LogP contribution < -0.4 is 11.2 Å². The number of carboxylic acids is 2. The number of carbonyl (C=O) groups is 2. The van der Waals surface area contributed by atoms with Crippen molar-refractivity contribution in [3.05, 3.63) is 26.7 Å². The van der Waals surface area contributed by atoms with Crippen LogP contribution >= 0.6 is 0 Å². The topological polar surface area (TPSA) is 147 Å². The quantitative estimate of drug-likeness (QED) is 0.525. The molecule has 174 valence electrons. The van der Waals surface area contributed by atoms with Gasteiger partial charge in [0, 0.05) is 19.0 Å². The molecule has 2 heterocycles. The van der Waals surface area contributed by atoms with Crippen LogP contribution in [0.2, 0.25) is 0 Å². The Labute approximate surface area is 184 Å². The molecule has 10 heteroatoms. The molecule has 2 aliphatic rings. The first-order chi connectivity index (χ1) is 15.3. The van der Waals surface area contributed by atoms with E-state index in [0.717, 1.165) is 19.3 Å². The number of H-pyrrole nitrogens is 1. The third-order valence-electron chi connectivity index (χ3n) is 7.25. The average molecular weight is 447 g/mol. The highest BCUT2D eigenvalue weighted by atomic mass is 16.4. The number of carboxylic acid groups (broad SMARTS) is 2. The second kappa shape index (κ2) is 8.55. The lowest BCUT2D eigenvalue weighted by Gasteiger charge is -2.36. The molecule has 0 aliphatic heterocycles. The van der Waals surface area contributed by atoms with Crippen molar-refractivity contribution in [2.45, 2.75) is 71.4 Å². The van der Waals surface area contributed by atoms with Crippen LogP contribution in [0.1, 0.15) is 64.1 Å². The largest absolute Gasteiger partial charge is 0.481 e. The maximum Gasteiger partial charge on any atom is 0.332 e. The maximum atomic E-state index is 13.0. The number of hydrogen-bond donors (Lipinski definition) is 3. The molecule has 0 saturated heterocycles. The van der Waals surface area contributed by atoms with Gasteiger partial charge in [0.15, 0.2) is 11.6 Å². The van der Waals surface area contributed by atoms with Gasteiger partial charge in [-0.25, -0.2) is 9.78 Å². The second-order valence-electron chi connectivity index (χ2n) is 9.21. The molecular weight excluding hydrogens is 416 g/mol. The van der Waals surface area contributed by atoms with Crippen LogP contribution in [-0.2, 0) is 22.7 Å². The Balaban J connectivity index is 1.72. The molecule has 2 aliphatic carbocycles. The van der Waals surface area contributed by atoms with E-state index in [-0.39, 0.29) is 34.9 Å². The number of aromatic amines is 1. The summed E-state index contributed by atoms with van der Waals surface area (Å²) in [6.45, 7) is 4.67. The minimum Gasteiger partial charge on any atom is -0.481 e. The lowest BCUT2D eigenvalue weighted by molar-refractivity contribution is -0.159. The van der Waals surface area contributed by atoms with E-state index >= 15 is 0 Å². The van der Waals surface area contributed by atoms with Crippen molar-refractivity contribution in [1.29, 1.82) is 0 Å². The van der Waals surface area contributed by atoms with E-state index in [1.807, 2.05) is 13.8 Å². The standard InChI is InChI=1S/C22H30N4O6/c1-3-7-25-18-16(19(27)26(8-4-2)22(25)32)23-17(24-18)13-9-11-5-6-12(10-13)14(11)15(20(28)29)21(30)31/h11-15H,3-10H2,1-2H3,(H,23,24)(H,28,29)(H,30,31). The molecule has 2 aromatic rings. The Kier molecular flexibility index (Phi) is 5.96. The summed E-state index contributed by atoms with van der Waals surface area (Å²) in [6.07, 6.45) is 4.23. The fourth-order valence-corrected chi connectivity index (χ4v) is 6.00. The van der Waals surface area contributed by atoms with Gasteiger partial charge in [0.05, 0.1) is 0 Å². The van der Waals surface area contributed by atoms with Crippen molar-refractivity contribution >= 4 is 23.1 Å². The van der Waals surface area contributed by atoms with E-state index in [0.29, 0.717) is 49.3 Å². The summed E-state index contributed by atoms with van der Waals surface area (Å²) >= 11 is 0. The summed E-state index contributed by atoms with van der Waals surface area (Å²) < 4.78 is 2.81. The third kappa shape index (κ3) is 3.55. The van der Waals surface area contributed by atoms with E-state index in [4.69, 9.17) is 0 Å². The Hall–Kier alpha value is -2.91. The van der Waals surface area contributed by atoms with E-state index in [9.17, 15) is 29.4 Å². The zero-order chi connectivity index (χ0) is 23.2. The van der Waals surface area contributed by atoms with Gasteiger partial charge in [-0.15, -0.1) is 0 Å². The zero-order valence-electron chi connectivity index (χ0n) is 18.4. The van der Waals surface area contributed by atoms with Gasteiger partial charge in [-0.1, -0.05) is 13.8 Å². The van der Waals surface area contributed by atoms with Gasteiger partial charge in [0.25, 0.3) is 5.56 Å². The summed E-state index contributed by atoms with van der Waals surface area (Å²) in [4.78, 5) is 56.9. The van der Waals surface area contributed by atoms with Gasteiger partial charge < -0.3 is 15.2 Å². The molecule has 0 spiro atoms. The van der Waals surface area contributed by atoms with Gasteiger partial charge in [-0.05, 0) is 56.3 Å². The van der Waals surface area contributed by atoms with Crippen LogP contribution in [0.15, 0.2) is 9.59 Å². The van der Waals surface area contributed by atoms with Crippen LogP contribution in [0.4, 0.5) is 0 Å². The fourth-order valence-electron chi connectivity index (χ4n) is 6.00. The van der Waals surface area contributed by atoms with E-state index in [2.05, 4.69) is 9.97 Å². The summed E-state index contributed by atoms with van der Waals surface area (Å²) in [5, 5.41) is 19.0. The number of aliphatic carboxylic acids is 2. The van der Waals surface area contributed by atoms with Crippen LogP contribution in [0.3, 0.4) is 0 Å². The number of nitrogens with zero attached hydrogens (tertiary/aromatic N) is 3. The number of aryl methyl sites for hydroxylation is 1. The molecule has 2 unspecified atom stereocenters. The van der Waals surface area contributed by atoms with Crippen LogP contribution in [-0.4, -0.2) is 41.3 Å². The average Bonchev–Trinajstić information content (AvgIpc) is 3.27. The Morgan fingerprint density at radius 2 is 1.59 bits per heavy atom. The monoisotopic (exact) mass is 446 g/mol. The van der Waals surface area contributed by atoms with Gasteiger partial charge >= 0.3 is 17.6 Å². The van der Waals surface area contributed by atoms with Crippen molar-refractivity contribution in [3.63, 3.8) is 0 Å². The smallest absolute Gasteiger partial charge is 0.332 e. The predicted molar refractivity (Wildman–Crippen MR) is 116 cm³/mol. The Bertz CT molecular complexity index is 1130. The van der Waals surface area contributed by atoms with Crippen molar-refractivity contribution in [1.82, 2.24) is 19.1 Å². The lowest BCUT2D eigenvalue weighted by atomic mass is 9.68. The van der Waals surface area contributed by atoms with E-state index < -0.39 is 17.9 Å². The molecule has 2 atom stereocenters. The zero-order valence-corrected chi connectivity index (χ0v) is 18.4. The van der Waals surface area contributed by atoms with Gasteiger partial charge in [-0.2, -0.15) is 0 Å². The number of fused-ring (bicyclic) bond motifs is 3. The van der Waals surface area contributed by atoms with Crippen molar-refractivity contribution in [2.75, 3.05) is 0 Å². The first-order valence-corrected chi connectivity index (χ1v) is 11.5. The van der Waals surface area contributed by atoms with Crippen LogP contribution in [0.5, 0.6) is 0 Å². The predicted octanol–water partition coefficient (Wildman–Crippen LogP) is 2.01. The van der Waals surface area contributed by atoms with Gasteiger partial charge in [0.2, 0.25) is 0 Å². The lowest BCUT2D eigenvalue weighted by Crippen LogP contribution is -2.40. The molecule has 10 nitrogen and oxygen atoms in total. The molecule has 2 bridgehead atoms. The van der Waals surface area contributed by atoms with Crippen molar-refractivity contribution in [2.24, 2.45) is 23.7 Å². The molecule has 4 rings (SSSR count). The second-order valence-corrected chi connectivity index (χ2v) is 9.21. The first kappa shape index (κ1) is 22.3. The highest BCUT2D eigenvalue weighted by molar-refractivity contribution is 5.93. The van der Waals surface area contributed by atoms with E-state index in [1.54, 1.807) is 4.57 Å². The van der Waals surface area contributed by atoms with Crippen molar-refractivity contribution in [3.8, 4) is 0 Å². The maximum absolute atomic E-state index is 13.0. The number of hydrogen-bond acceptors (Lipinski definition) is 5. The Morgan fingerprint density at radius 3 is 2.12 bits per heavy atom. The number of aromatic nitrogens is 4. The minimum atomic E-state index is -1.39. The first-order valence-electron chi connectivity index (χ1n) is 11.5. The fraction of sp³-hybridized carbons (Fsp3) is 0.682.